The number of pyridine rings is 1. The van der Waals surface area contributed by atoms with Crippen LogP contribution in [0.4, 0.5) is 17.6 Å². The molecule has 1 atom stereocenters. The summed E-state index contributed by atoms with van der Waals surface area (Å²) in [6, 6.07) is 4.33. The van der Waals surface area contributed by atoms with Crippen molar-refractivity contribution >= 4 is 23.5 Å². The van der Waals surface area contributed by atoms with E-state index in [-0.39, 0.29) is 10.5 Å². The van der Waals surface area contributed by atoms with Gasteiger partial charge >= 0.3 is 6.18 Å². The summed E-state index contributed by atoms with van der Waals surface area (Å²) in [4.78, 5) is 11.5. The standard InChI is InChI=1S/C15H13ClF4N2OS/c1-21-8-11(7-12(17)14(21)23)24-22(2)13(15(18,19)20)9-3-5-10(16)6-4-9/h3-8,13H,1-2H3. The van der Waals surface area contributed by atoms with E-state index in [0.717, 1.165) is 14.9 Å². The lowest BCUT2D eigenvalue weighted by Crippen LogP contribution is -2.32. The largest absolute Gasteiger partial charge is 0.408 e. The zero-order chi connectivity index (χ0) is 18.1. The molecule has 9 heteroatoms. The van der Waals surface area contributed by atoms with Crippen molar-refractivity contribution in [2.75, 3.05) is 7.05 Å². The number of hydrogen-bond acceptors (Lipinski definition) is 3. The average molecular weight is 381 g/mol. The van der Waals surface area contributed by atoms with E-state index >= 15 is 0 Å². The van der Waals surface area contributed by atoms with Crippen molar-refractivity contribution in [3.8, 4) is 0 Å². The van der Waals surface area contributed by atoms with Crippen LogP contribution in [-0.2, 0) is 7.05 Å². The molecule has 1 unspecified atom stereocenters. The van der Waals surface area contributed by atoms with Gasteiger partial charge in [0.15, 0.2) is 5.82 Å². The number of nitrogens with zero attached hydrogens (tertiary/aromatic N) is 2. The van der Waals surface area contributed by atoms with E-state index < -0.39 is 23.6 Å². The highest BCUT2D eigenvalue weighted by atomic mass is 35.5. The topological polar surface area (TPSA) is 25.2 Å². The van der Waals surface area contributed by atoms with E-state index in [2.05, 4.69) is 0 Å². The van der Waals surface area contributed by atoms with E-state index in [0.29, 0.717) is 17.0 Å². The Morgan fingerprint density at radius 3 is 2.33 bits per heavy atom. The third-order valence-corrected chi connectivity index (χ3v) is 4.41. The minimum Gasteiger partial charge on any atom is -0.315 e. The Hall–Kier alpha value is -1.51. The number of alkyl halides is 3. The molecule has 0 amide bonds. The molecule has 3 nitrogen and oxygen atoms in total. The molecule has 130 valence electrons. The SMILES string of the molecule is CN(Sc1cc(F)c(=O)n(C)c1)C(c1ccc(Cl)cc1)C(F)(F)F. The summed E-state index contributed by atoms with van der Waals surface area (Å²) in [5.74, 6) is -1.02. The third-order valence-electron chi connectivity index (χ3n) is 3.22. The van der Waals surface area contributed by atoms with Gasteiger partial charge in [-0.3, -0.25) is 4.79 Å². The van der Waals surface area contributed by atoms with Crippen LogP contribution in [0.5, 0.6) is 0 Å². The molecular formula is C15H13ClF4N2OS. The van der Waals surface area contributed by atoms with Gasteiger partial charge in [-0.15, -0.1) is 0 Å². The van der Waals surface area contributed by atoms with Crippen molar-refractivity contribution in [2.24, 2.45) is 7.05 Å². The zero-order valence-electron chi connectivity index (χ0n) is 12.6. The van der Waals surface area contributed by atoms with Gasteiger partial charge < -0.3 is 4.57 Å². The van der Waals surface area contributed by atoms with Gasteiger partial charge in [0.1, 0.15) is 6.04 Å². The van der Waals surface area contributed by atoms with Crippen LogP contribution >= 0.6 is 23.5 Å². The third kappa shape index (κ3) is 4.31. The van der Waals surface area contributed by atoms with Gasteiger partial charge in [0.25, 0.3) is 5.56 Å². The lowest BCUT2D eigenvalue weighted by atomic mass is 10.1. The fraction of sp³-hybridized carbons (Fsp3) is 0.267. The first kappa shape index (κ1) is 18.8. The highest BCUT2D eigenvalue weighted by Gasteiger charge is 2.44. The molecule has 1 aromatic heterocycles. The molecule has 2 rings (SSSR count). The molecule has 0 bridgehead atoms. The van der Waals surface area contributed by atoms with Gasteiger partial charge in [0.2, 0.25) is 0 Å². The van der Waals surface area contributed by atoms with E-state index in [1.54, 1.807) is 0 Å². The number of rotatable bonds is 4. The summed E-state index contributed by atoms with van der Waals surface area (Å²) in [7, 11) is 2.58. The average Bonchev–Trinajstić information content (AvgIpc) is 2.45. The van der Waals surface area contributed by atoms with Crippen molar-refractivity contribution in [1.82, 2.24) is 8.87 Å². The Bertz CT molecular complexity index is 750. The zero-order valence-corrected chi connectivity index (χ0v) is 14.2. The van der Waals surface area contributed by atoms with Crippen LogP contribution < -0.4 is 5.56 Å². The highest BCUT2D eigenvalue weighted by molar-refractivity contribution is 7.97. The summed E-state index contributed by atoms with van der Waals surface area (Å²) in [6.45, 7) is 0. The lowest BCUT2D eigenvalue weighted by molar-refractivity contribution is -0.169. The van der Waals surface area contributed by atoms with Crippen LogP contribution in [-0.4, -0.2) is 22.1 Å². The molecule has 0 N–H and O–H groups in total. The van der Waals surface area contributed by atoms with Crippen LogP contribution in [0.3, 0.4) is 0 Å². The van der Waals surface area contributed by atoms with Crippen LogP contribution in [0.15, 0.2) is 46.2 Å². The minimum atomic E-state index is -4.55. The fourth-order valence-corrected chi connectivity index (χ4v) is 3.33. The quantitative estimate of drug-likeness (QED) is 0.580. The molecule has 0 spiro atoms. The van der Waals surface area contributed by atoms with Gasteiger partial charge in [-0.05, 0) is 42.8 Å². The summed E-state index contributed by atoms with van der Waals surface area (Å²) in [5, 5.41) is 0.329. The van der Waals surface area contributed by atoms with E-state index in [1.165, 1.54) is 44.6 Å². The molecule has 1 heterocycles. The summed E-state index contributed by atoms with van der Waals surface area (Å²) in [6.07, 6.45) is -3.27. The van der Waals surface area contributed by atoms with Crippen LogP contribution in [0.25, 0.3) is 0 Å². The van der Waals surface area contributed by atoms with Crippen molar-refractivity contribution in [3.05, 3.63) is 63.3 Å². The van der Waals surface area contributed by atoms with Crippen molar-refractivity contribution in [1.29, 1.82) is 0 Å². The molecule has 0 aliphatic heterocycles. The van der Waals surface area contributed by atoms with E-state index in [1.807, 2.05) is 0 Å². The van der Waals surface area contributed by atoms with Crippen molar-refractivity contribution in [2.45, 2.75) is 17.1 Å². The monoisotopic (exact) mass is 380 g/mol. The Kier molecular flexibility index (Phi) is 5.62. The molecular weight excluding hydrogens is 368 g/mol. The van der Waals surface area contributed by atoms with E-state index in [4.69, 9.17) is 11.6 Å². The Morgan fingerprint density at radius 1 is 1.25 bits per heavy atom. The van der Waals surface area contributed by atoms with Gasteiger partial charge in [-0.25, -0.2) is 8.70 Å². The number of aromatic nitrogens is 1. The molecule has 0 saturated carbocycles. The van der Waals surface area contributed by atoms with Crippen molar-refractivity contribution < 1.29 is 17.6 Å². The predicted octanol–water partition coefficient (Wildman–Crippen LogP) is 4.42. The maximum atomic E-state index is 13.5. The molecule has 1 aromatic carbocycles. The van der Waals surface area contributed by atoms with Gasteiger partial charge in [0.05, 0.1) is 0 Å². The highest BCUT2D eigenvalue weighted by Crippen LogP contribution is 2.41. The van der Waals surface area contributed by atoms with Gasteiger partial charge in [-0.2, -0.15) is 13.2 Å². The number of halogens is 5. The fourth-order valence-electron chi connectivity index (χ4n) is 2.16. The maximum absolute atomic E-state index is 13.5. The smallest absolute Gasteiger partial charge is 0.315 e. The molecule has 0 aliphatic rings. The second kappa shape index (κ2) is 7.16. The maximum Gasteiger partial charge on any atom is 0.408 e. The molecule has 0 saturated heterocycles. The molecule has 2 aromatic rings. The molecule has 0 aliphatic carbocycles. The Labute approximate surface area is 145 Å². The first-order valence-electron chi connectivity index (χ1n) is 6.68. The first-order valence-corrected chi connectivity index (χ1v) is 7.84. The first-order chi connectivity index (χ1) is 11.1. The van der Waals surface area contributed by atoms with Gasteiger partial charge in [-0.1, -0.05) is 23.7 Å². The second-order valence-corrected chi connectivity index (χ2v) is 6.74. The normalized spacial score (nSPS) is 13.3. The molecule has 24 heavy (non-hydrogen) atoms. The number of benzene rings is 1. The van der Waals surface area contributed by atoms with E-state index in [9.17, 15) is 22.4 Å². The van der Waals surface area contributed by atoms with Gasteiger partial charge in [0, 0.05) is 23.2 Å². The number of aryl methyl sites for hydroxylation is 1. The Balaban J connectivity index is 2.34. The lowest BCUT2D eigenvalue weighted by Gasteiger charge is -2.29. The van der Waals surface area contributed by atoms with Crippen LogP contribution in [0, 0.1) is 5.82 Å². The number of hydrogen-bond donors (Lipinski definition) is 0. The van der Waals surface area contributed by atoms with Crippen LogP contribution in [0.1, 0.15) is 11.6 Å². The summed E-state index contributed by atoms with van der Waals surface area (Å²) >= 11 is 6.41. The Morgan fingerprint density at radius 2 is 1.83 bits per heavy atom. The molecule has 0 fully saturated rings. The predicted molar refractivity (Wildman–Crippen MR) is 85.5 cm³/mol. The minimum absolute atomic E-state index is 0.00666. The summed E-state index contributed by atoms with van der Waals surface area (Å²) < 4.78 is 55.8. The van der Waals surface area contributed by atoms with Crippen LogP contribution in [0.2, 0.25) is 5.02 Å². The summed E-state index contributed by atoms with van der Waals surface area (Å²) in [5.41, 5.74) is -0.834. The molecule has 0 radical (unpaired) electrons. The van der Waals surface area contributed by atoms with Crippen molar-refractivity contribution in [3.63, 3.8) is 0 Å². The second-order valence-electron chi connectivity index (χ2n) is 5.07.